The van der Waals surface area contributed by atoms with Crippen LogP contribution < -0.4 is 0 Å². The molecule has 0 aliphatic rings. The molecule has 3 nitrogen and oxygen atoms in total. The minimum Gasteiger partial charge on any atom is -0.502 e. The van der Waals surface area contributed by atoms with E-state index in [2.05, 4.69) is 33.2 Å². The Bertz CT molecular complexity index is 336. The van der Waals surface area contributed by atoms with E-state index >= 15 is 0 Å². The van der Waals surface area contributed by atoms with E-state index < -0.39 is 0 Å². The van der Waals surface area contributed by atoms with Crippen LogP contribution in [0.25, 0.3) is 0 Å². The highest BCUT2D eigenvalue weighted by molar-refractivity contribution is 4.65. The molecule has 0 saturated heterocycles. The Morgan fingerprint density at radius 3 is 1.25 bits per heavy atom. The fourth-order valence-corrected chi connectivity index (χ4v) is 2.93. The average molecular weight is 453 g/mol. The van der Waals surface area contributed by atoms with Crippen molar-refractivity contribution < 1.29 is 14.6 Å². The summed E-state index contributed by atoms with van der Waals surface area (Å²) < 4.78 is 9.79. The topological polar surface area (TPSA) is 38.7 Å². The predicted octanol–water partition coefficient (Wildman–Crippen LogP) is 9.30. The third-order valence-corrected chi connectivity index (χ3v) is 4.79. The minimum atomic E-state index is 0.358. The molecular weight excluding hydrogens is 396 g/mol. The highest BCUT2D eigenvalue weighted by atomic mass is 16.5. The highest BCUT2D eigenvalue weighted by Crippen LogP contribution is 2.09. The zero-order valence-corrected chi connectivity index (χ0v) is 21.5. The van der Waals surface area contributed by atoms with E-state index in [0.29, 0.717) is 6.61 Å². The number of allylic oxidation sites excluding steroid dienone is 2. The van der Waals surface area contributed by atoms with Crippen molar-refractivity contribution in [2.24, 2.45) is 0 Å². The van der Waals surface area contributed by atoms with Crippen LogP contribution in [0.15, 0.2) is 51.0 Å². The number of aliphatic hydroxyl groups is 1. The summed E-state index contributed by atoms with van der Waals surface area (Å²) in [6, 6.07) is 0. The molecule has 0 heterocycles. The molecule has 0 radical (unpaired) electrons. The molecule has 0 aromatic carbocycles. The van der Waals surface area contributed by atoms with E-state index in [0.717, 1.165) is 32.5 Å². The normalized spacial score (nSPS) is 9.44. The number of hydrogen-bond donors (Lipinski definition) is 1. The van der Waals surface area contributed by atoms with Crippen LogP contribution >= 0.6 is 0 Å². The third-order valence-electron chi connectivity index (χ3n) is 4.79. The summed E-state index contributed by atoms with van der Waals surface area (Å²) in [4.78, 5) is 0. The Morgan fingerprint density at radius 2 is 0.906 bits per heavy atom. The van der Waals surface area contributed by atoms with Gasteiger partial charge in [-0.2, -0.15) is 0 Å². The van der Waals surface area contributed by atoms with E-state index in [1.54, 1.807) is 0 Å². The third kappa shape index (κ3) is 46.6. The summed E-state index contributed by atoms with van der Waals surface area (Å²) in [6.07, 6.45) is 28.3. The quantitative estimate of drug-likeness (QED) is 0.0953. The maximum atomic E-state index is 8.53. The van der Waals surface area contributed by atoms with Gasteiger partial charge in [0.1, 0.15) is 0 Å². The van der Waals surface area contributed by atoms with Gasteiger partial charge in [0.2, 0.25) is 0 Å². The van der Waals surface area contributed by atoms with Crippen LogP contribution in [0.2, 0.25) is 0 Å². The summed E-state index contributed by atoms with van der Waals surface area (Å²) in [7, 11) is 0. The largest absolute Gasteiger partial charge is 0.502 e. The van der Waals surface area contributed by atoms with Gasteiger partial charge in [0.25, 0.3) is 0 Å². The van der Waals surface area contributed by atoms with Crippen LogP contribution in [-0.4, -0.2) is 24.9 Å². The fraction of sp³-hybridized carbons (Fsp3) is 0.724. The number of hydrogen-bond acceptors (Lipinski definition) is 3. The number of rotatable bonds is 23. The van der Waals surface area contributed by atoms with Gasteiger partial charge in [-0.1, -0.05) is 96.4 Å². The van der Waals surface area contributed by atoms with Crippen LogP contribution in [0.5, 0.6) is 0 Å². The molecule has 0 aliphatic carbocycles. The zero-order valence-electron chi connectivity index (χ0n) is 21.5. The Labute approximate surface area is 201 Å². The molecule has 0 rings (SSSR count). The molecule has 0 saturated carbocycles. The van der Waals surface area contributed by atoms with E-state index in [4.69, 9.17) is 14.6 Å². The van der Waals surface area contributed by atoms with Crippen molar-refractivity contribution in [2.75, 3.05) is 19.8 Å². The molecule has 0 amide bonds. The summed E-state index contributed by atoms with van der Waals surface area (Å²) in [6.45, 7) is 18.3. The Morgan fingerprint density at radius 1 is 0.531 bits per heavy atom. The van der Waals surface area contributed by atoms with Crippen LogP contribution in [0.4, 0.5) is 0 Å². The standard InChI is InChI=1S/C13H24O.C11H22O.C5H10O/c1-3-5-6-7-8-9-10-11-12-13-14-4-2;1-2-3-4-5-6-7-8-9-10-11-12;1-3-5-6-4-2/h3-4H,1-2,5-13H2;2,12H,1,3-11H2;4H,2-3,5H2,1H3. The first-order valence-electron chi connectivity index (χ1n) is 13.0. The number of aliphatic hydroxyl groups excluding tert-OH is 1. The molecule has 0 spiro atoms. The summed E-state index contributed by atoms with van der Waals surface area (Å²) in [5.74, 6) is 0. The Balaban J connectivity index is -0.000000425. The maximum absolute atomic E-state index is 8.53. The second-order valence-electron chi connectivity index (χ2n) is 7.90. The minimum absolute atomic E-state index is 0.358. The lowest BCUT2D eigenvalue weighted by molar-refractivity contribution is 0.241. The fourth-order valence-electron chi connectivity index (χ4n) is 2.93. The molecule has 32 heavy (non-hydrogen) atoms. The van der Waals surface area contributed by atoms with E-state index in [1.165, 1.54) is 102 Å². The van der Waals surface area contributed by atoms with Crippen LogP contribution in [0, 0.1) is 0 Å². The maximum Gasteiger partial charge on any atom is 0.0873 e. The van der Waals surface area contributed by atoms with Gasteiger partial charge >= 0.3 is 0 Å². The van der Waals surface area contributed by atoms with Gasteiger partial charge in [-0.05, 0) is 44.9 Å². The van der Waals surface area contributed by atoms with Gasteiger partial charge in [-0.25, -0.2) is 0 Å². The highest BCUT2D eigenvalue weighted by Gasteiger charge is 1.91. The molecule has 0 unspecified atom stereocenters. The van der Waals surface area contributed by atoms with Gasteiger partial charge in [-0.15, -0.1) is 13.2 Å². The van der Waals surface area contributed by atoms with Gasteiger partial charge in [0.05, 0.1) is 25.7 Å². The average Bonchev–Trinajstić information content (AvgIpc) is 2.81. The first-order valence-corrected chi connectivity index (χ1v) is 13.0. The van der Waals surface area contributed by atoms with Crippen LogP contribution in [0.1, 0.15) is 116 Å². The van der Waals surface area contributed by atoms with Crippen molar-refractivity contribution in [3.63, 3.8) is 0 Å². The first-order chi connectivity index (χ1) is 15.7. The molecule has 3 heteroatoms. The van der Waals surface area contributed by atoms with E-state index in [-0.39, 0.29) is 0 Å². The molecule has 190 valence electrons. The summed E-state index contributed by atoms with van der Waals surface area (Å²) >= 11 is 0. The van der Waals surface area contributed by atoms with Gasteiger partial charge in [-0.3, -0.25) is 0 Å². The van der Waals surface area contributed by atoms with Crippen molar-refractivity contribution in [1.29, 1.82) is 0 Å². The van der Waals surface area contributed by atoms with Crippen molar-refractivity contribution in [2.45, 2.75) is 116 Å². The SMILES string of the molecule is C=CCCCCCCCCCO.C=CCCCCCCCCCOC=C.C=COCCC. The number of unbranched alkanes of at least 4 members (excludes halogenated alkanes) is 14. The second-order valence-corrected chi connectivity index (χ2v) is 7.90. The smallest absolute Gasteiger partial charge is 0.0873 e. The van der Waals surface area contributed by atoms with Crippen molar-refractivity contribution in [3.05, 3.63) is 51.0 Å². The lowest BCUT2D eigenvalue weighted by atomic mass is 10.1. The molecule has 0 atom stereocenters. The Hall–Kier alpha value is -1.48. The van der Waals surface area contributed by atoms with Crippen molar-refractivity contribution in [1.82, 2.24) is 0 Å². The molecular formula is C29H56O3. The lowest BCUT2D eigenvalue weighted by Gasteiger charge is -2.01. The summed E-state index contributed by atoms with van der Waals surface area (Å²) in [5.41, 5.74) is 0. The van der Waals surface area contributed by atoms with Crippen LogP contribution in [0.3, 0.4) is 0 Å². The van der Waals surface area contributed by atoms with Gasteiger partial charge in [0, 0.05) is 6.61 Å². The molecule has 0 aromatic heterocycles. The Kier molecular flexibility index (Phi) is 43.8. The monoisotopic (exact) mass is 452 g/mol. The molecule has 0 fully saturated rings. The van der Waals surface area contributed by atoms with Gasteiger partial charge < -0.3 is 14.6 Å². The second kappa shape index (κ2) is 39.9. The van der Waals surface area contributed by atoms with Crippen LogP contribution in [-0.2, 0) is 9.47 Å². The van der Waals surface area contributed by atoms with Crippen molar-refractivity contribution in [3.8, 4) is 0 Å². The first kappa shape index (κ1) is 35.1. The molecule has 0 aliphatic heterocycles. The molecule has 1 N–H and O–H groups in total. The molecule has 0 aromatic rings. The van der Waals surface area contributed by atoms with E-state index in [9.17, 15) is 0 Å². The molecule has 0 bridgehead atoms. The zero-order chi connectivity index (χ0) is 24.4. The van der Waals surface area contributed by atoms with E-state index in [1.807, 2.05) is 12.2 Å². The number of ether oxygens (including phenoxy) is 2. The predicted molar refractivity (Wildman–Crippen MR) is 144 cm³/mol. The van der Waals surface area contributed by atoms with Gasteiger partial charge in [0.15, 0.2) is 0 Å². The lowest BCUT2D eigenvalue weighted by Crippen LogP contribution is -1.87. The van der Waals surface area contributed by atoms with Crippen molar-refractivity contribution >= 4 is 0 Å². The summed E-state index contributed by atoms with van der Waals surface area (Å²) in [5, 5.41) is 8.53.